The summed E-state index contributed by atoms with van der Waals surface area (Å²) >= 11 is 0. The van der Waals surface area contributed by atoms with E-state index in [1.54, 1.807) is 7.11 Å². The molecular formula is C27H26N2O2. The molecule has 2 heterocycles. The first-order valence-corrected chi connectivity index (χ1v) is 10.7. The van der Waals surface area contributed by atoms with Gasteiger partial charge in [-0.05, 0) is 52.9 Å². The van der Waals surface area contributed by atoms with Crippen LogP contribution in [0.3, 0.4) is 0 Å². The predicted octanol–water partition coefficient (Wildman–Crippen LogP) is 5.66. The molecule has 1 aliphatic rings. The zero-order valence-corrected chi connectivity index (χ0v) is 17.6. The van der Waals surface area contributed by atoms with Gasteiger partial charge >= 0.3 is 0 Å². The quantitative estimate of drug-likeness (QED) is 0.431. The molecule has 1 aromatic heterocycles. The first kappa shape index (κ1) is 19.5. The first-order valence-electron chi connectivity index (χ1n) is 10.7. The second-order valence-corrected chi connectivity index (χ2v) is 7.80. The van der Waals surface area contributed by atoms with E-state index in [1.807, 2.05) is 24.4 Å². The zero-order valence-electron chi connectivity index (χ0n) is 17.6. The molecule has 0 saturated carbocycles. The third-order valence-corrected chi connectivity index (χ3v) is 5.85. The van der Waals surface area contributed by atoms with Gasteiger partial charge in [0, 0.05) is 23.6 Å². The Kier molecular flexibility index (Phi) is 5.46. The van der Waals surface area contributed by atoms with Crippen LogP contribution < -0.4 is 14.8 Å². The van der Waals surface area contributed by atoms with Crippen LogP contribution >= 0.6 is 0 Å². The number of aromatic nitrogens is 1. The number of methoxy groups -OCH3 is 1. The average Bonchev–Trinajstić information content (AvgIpc) is 3.31. The highest BCUT2D eigenvalue weighted by molar-refractivity contribution is 5.88. The van der Waals surface area contributed by atoms with Crippen LogP contribution in [0.15, 0.2) is 79.0 Å². The van der Waals surface area contributed by atoms with Gasteiger partial charge in [-0.15, -0.1) is 0 Å². The number of H-pyrrole nitrogens is 1. The van der Waals surface area contributed by atoms with Gasteiger partial charge in [-0.2, -0.15) is 0 Å². The molecule has 1 unspecified atom stereocenters. The second kappa shape index (κ2) is 8.70. The highest BCUT2D eigenvalue weighted by Crippen LogP contribution is 2.36. The van der Waals surface area contributed by atoms with Crippen LogP contribution in [0.5, 0.6) is 11.5 Å². The molecular weight excluding hydrogens is 384 g/mol. The molecule has 0 saturated heterocycles. The van der Waals surface area contributed by atoms with Crippen LogP contribution in [-0.4, -0.2) is 18.6 Å². The Morgan fingerprint density at radius 2 is 1.90 bits per heavy atom. The lowest BCUT2D eigenvalue weighted by Gasteiger charge is -2.26. The lowest BCUT2D eigenvalue weighted by atomic mass is 9.92. The fourth-order valence-electron chi connectivity index (χ4n) is 4.23. The zero-order chi connectivity index (χ0) is 21.0. The summed E-state index contributed by atoms with van der Waals surface area (Å²) in [5.41, 5.74) is 6.05. The summed E-state index contributed by atoms with van der Waals surface area (Å²) in [4.78, 5) is 3.28. The van der Waals surface area contributed by atoms with Crippen molar-refractivity contribution >= 4 is 17.0 Å². The van der Waals surface area contributed by atoms with Crippen LogP contribution in [0.4, 0.5) is 0 Å². The maximum atomic E-state index is 6.12. The van der Waals surface area contributed by atoms with Crippen molar-refractivity contribution < 1.29 is 9.47 Å². The third kappa shape index (κ3) is 4.07. The number of hydrogen-bond acceptors (Lipinski definition) is 3. The Morgan fingerprint density at radius 1 is 1.00 bits per heavy atom. The summed E-state index contributed by atoms with van der Waals surface area (Å²) < 4.78 is 11.8. The number of aromatic amines is 1. The molecule has 2 N–H and O–H groups in total. The maximum Gasteiger partial charge on any atom is 0.161 e. The highest BCUT2D eigenvalue weighted by Gasteiger charge is 2.21. The van der Waals surface area contributed by atoms with Crippen molar-refractivity contribution in [2.45, 2.75) is 19.1 Å². The maximum absolute atomic E-state index is 6.12. The molecule has 0 radical (unpaired) electrons. The Hall–Kier alpha value is -3.50. The lowest BCUT2D eigenvalue weighted by Crippen LogP contribution is -2.28. The van der Waals surface area contributed by atoms with Crippen LogP contribution in [-0.2, 0) is 13.0 Å². The number of ether oxygens (including phenoxy) is 2. The van der Waals surface area contributed by atoms with Gasteiger partial charge in [0.25, 0.3) is 0 Å². The molecule has 1 atom stereocenters. The summed E-state index contributed by atoms with van der Waals surface area (Å²) in [6.45, 7) is 1.46. The molecule has 4 heteroatoms. The van der Waals surface area contributed by atoms with Gasteiger partial charge in [-0.1, -0.05) is 54.6 Å². The van der Waals surface area contributed by atoms with Crippen LogP contribution in [0, 0.1) is 0 Å². The predicted molar refractivity (Wildman–Crippen MR) is 126 cm³/mol. The van der Waals surface area contributed by atoms with Gasteiger partial charge < -0.3 is 19.8 Å². The van der Waals surface area contributed by atoms with Crippen molar-refractivity contribution in [2.24, 2.45) is 0 Å². The first-order chi connectivity index (χ1) is 15.3. The van der Waals surface area contributed by atoms with Crippen LogP contribution in [0.2, 0.25) is 0 Å². The van der Waals surface area contributed by atoms with E-state index in [9.17, 15) is 0 Å². The van der Waals surface area contributed by atoms with E-state index in [4.69, 9.17) is 9.47 Å². The van der Waals surface area contributed by atoms with Crippen LogP contribution in [0.25, 0.3) is 17.0 Å². The van der Waals surface area contributed by atoms with E-state index in [0.29, 0.717) is 6.61 Å². The van der Waals surface area contributed by atoms with E-state index in [0.717, 1.165) is 35.5 Å². The largest absolute Gasteiger partial charge is 0.493 e. The number of fused-ring (bicyclic) bond motifs is 2. The number of nitrogens with one attached hydrogen (secondary N) is 2. The minimum absolute atomic E-state index is 0.134. The topological polar surface area (TPSA) is 46.3 Å². The van der Waals surface area contributed by atoms with Crippen molar-refractivity contribution in [3.63, 3.8) is 0 Å². The molecule has 5 rings (SSSR count). The van der Waals surface area contributed by atoms with Gasteiger partial charge in [0.15, 0.2) is 11.5 Å². The SMILES string of the molecule is COc1cc2c(cc1OCc1ccccc1)CCNC2C=Cc1cccc2[nH]ccc12. The van der Waals surface area contributed by atoms with E-state index in [2.05, 4.69) is 71.0 Å². The average molecular weight is 411 g/mol. The standard InChI is InChI=1S/C27H26N2O2/c1-30-26-17-23-21(16-27(26)31-18-19-6-3-2-4-7-19)12-14-28-25(23)11-10-20-8-5-9-24-22(20)13-15-29-24/h2-11,13,15-17,25,28-29H,12,14,18H2,1H3. The lowest BCUT2D eigenvalue weighted by molar-refractivity contribution is 0.283. The molecule has 4 aromatic rings. The molecule has 0 bridgehead atoms. The minimum Gasteiger partial charge on any atom is -0.493 e. The van der Waals surface area contributed by atoms with Crippen molar-refractivity contribution in [3.8, 4) is 11.5 Å². The number of hydrogen-bond donors (Lipinski definition) is 2. The smallest absolute Gasteiger partial charge is 0.161 e. The van der Waals surface area contributed by atoms with Crippen molar-refractivity contribution in [1.29, 1.82) is 0 Å². The van der Waals surface area contributed by atoms with Gasteiger partial charge in [0.1, 0.15) is 6.61 Å². The summed E-state index contributed by atoms with van der Waals surface area (Å²) in [5.74, 6) is 1.57. The normalized spacial score (nSPS) is 15.8. The molecule has 31 heavy (non-hydrogen) atoms. The Labute approximate surface area is 182 Å². The molecule has 156 valence electrons. The molecule has 4 nitrogen and oxygen atoms in total. The van der Waals surface area contributed by atoms with Crippen LogP contribution in [0.1, 0.15) is 28.3 Å². The molecule has 1 aliphatic heterocycles. The Balaban J connectivity index is 1.41. The Bertz CT molecular complexity index is 1210. The van der Waals surface area contributed by atoms with Gasteiger partial charge in [-0.3, -0.25) is 0 Å². The van der Waals surface area contributed by atoms with Crippen molar-refractivity contribution in [2.75, 3.05) is 13.7 Å². The second-order valence-electron chi connectivity index (χ2n) is 7.80. The minimum atomic E-state index is 0.134. The van der Waals surface area contributed by atoms with E-state index in [1.165, 1.54) is 22.1 Å². The van der Waals surface area contributed by atoms with E-state index < -0.39 is 0 Å². The van der Waals surface area contributed by atoms with E-state index >= 15 is 0 Å². The fourth-order valence-corrected chi connectivity index (χ4v) is 4.23. The van der Waals surface area contributed by atoms with Gasteiger partial charge in [0.05, 0.1) is 13.2 Å². The molecule has 0 aliphatic carbocycles. The summed E-state index contributed by atoms with van der Waals surface area (Å²) in [6.07, 6.45) is 7.40. The molecule has 0 amide bonds. The Morgan fingerprint density at radius 3 is 2.77 bits per heavy atom. The van der Waals surface area contributed by atoms with Crippen molar-refractivity contribution in [1.82, 2.24) is 10.3 Å². The van der Waals surface area contributed by atoms with Crippen molar-refractivity contribution in [3.05, 3.63) is 101 Å². The molecule has 0 fully saturated rings. The summed E-state index contributed by atoms with van der Waals surface area (Å²) in [6, 6.07) is 23.1. The van der Waals surface area contributed by atoms with Gasteiger partial charge in [0.2, 0.25) is 0 Å². The fraction of sp³-hybridized carbons (Fsp3) is 0.185. The molecule has 0 spiro atoms. The molecule has 3 aromatic carbocycles. The highest BCUT2D eigenvalue weighted by atomic mass is 16.5. The number of rotatable bonds is 6. The number of benzene rings is 3. The third-order valence-electron chi connectivity index (χ3n) is 5.85. The van der Waals surface area contributed by atoms with Gasteiger partial charge in [-0.25, -0.2) is 0 Å². The summed E-state index contributed by atoms with van der Waals surface area (Å²) in [7, 11) is 1.70. The monoisotopic (exact) mass is 410 g/mol. The summed E-state index contributed by atoms with van der Waals surface area (Å²) in [5, 5.41) is 4.86. The van der Waals surface area contributed by atoms with E-state index in [-0.39, 0.29) is 6.04 Å².